The Kier molecular flexibility index (Phi) is 10.3. The van der Waals surface area contributed by atoms with Gasteiger partial charge in [-0.15, -0.1) is 13.2 Å². The van der Waals surface area contributed by atoms with Gasteiger partial charge in [0.25, 0.3) is 0 Å². The molecule has 3 saturated heterocycles. The van der Waals surface area contributed by atoms with Crippen LogP contribution in [0.4, 0.5) is 0 Å². The average molecular weight is 647 g/mol. The first-order chi connectivity index (χ1) is 20.1. The molecule has 0 aromatic heterocycles. The smallest absolute Gasteiger partial charge is 0.313 e. The van der Waals surface area contributed by atoms with E-state index in [9.17, 15) is 24.3 Å². The number of esters is 1. The number of carbonyl (C=O) groups excluding carboxylic acids is 4. The number of hydrogen-bond acceptors (Lipinski definition) is 7. The molecule has 1 aromatic rings. The Labute approximate surface area is 255 Å². The highest BCUT2D eigenvalue weighted by molar-refractivity contribution is 9.09. The number of hydrogen-bond donors (Lipinski definition) is 2. The minimum absolute atomic E-state index is 0.0497. The number of benzene rings is 1. The van der Waals surface area contributed by atoms with E-state index in [0.29, 0.717) is 18.4 Å². The third-order valence-corrected chi connectivity index (χ3v) is 9.20. The second kappa shape index (κ2) is 13.5. The van der Waals surface area contributed by atoms with E-state index in [1.54, 1.807) is 29.2 Å². The van der Waals surface area contributed by atoms with Crippen LogP contribution in [-0.2, 0) is 28.7 Å². The second-order valence-electron chi connectivity index (χ2n) is 11.3. The van der Waals surface area contributed by atoms with Crippen LogP contribution >= 0.6 is 15.9 Å². The topological polar surface area (TPSA) is 125 Å². The van der Waals surface area contributed by atoms with Crippen molar-refractivity contribution >= 4 is 39.6 Å². The van der Waals surface area contributed by atoms with Gasteiger partial charge in [0.05, 0.1) is 31.1 Å². The predicted molar refractivity (Wildman–Crippen MR) is 159 cm³/mol. The summed E-state index contributed by atoms with van der Waals surface area (Å²) < 4.78 is 12.5. The van der Waals surface area contributed by atoms with E-state index in [2.05, 4.69) is 34.4 Å². The Morgan fingerprint density at radius 2 is 1.98 bits per heavy atom. The Morgan fingerprint density at radius 3 is 2.60 bits per heavy atom. The number of aliphatic hydroxyl groups excluding tert-OH is 1. The molecule has 42 heavy (non-hydrogen) atoms. The maximum Gasteiger partial charge on any atom is 0.313 e. The third kappa shape index (κ3) is 5.91. The maximum absolute atomic E-state index is 14.0. The molecule has 2 N–H and O–H groups in total. The Balaban J connectivity index is 1.64. The fourth-order valence-corrected chi connectivity index (χ4v) is 7.46. The van der Waals surface area contributed by atoms with Gasteiger partial charge in [-0.05, 0) is 32.3 Å². The number of alkyl halides is 1. The average Bonchev–Trinajstić information content (AvgIpc) is 3.56. The van der Waals surface area contributed by atoms with E-state index >= 15 is 0 Å². The Hall–Kier alpha value is -3.02. The summed E-state index contributed by atoms with van der Waals surface area (Å²) >= 11 is 3.65. The highest BCUT2D eigenvalue weighted by Crippen LogP contribution is 2.60. The van der Waals surface area contributed by atoms with Gasteiger partial charge in [0.1, 0.15) is 17.7 Å². The van der Waals surface area contributed by atoms with Gasteiger partial charge in [0, 0.05) is 30.4 Å². The first kappa shape index (κ1) is 31.9. The summed E-state index contributed by atoms with van der Waals surface area (Å²) in [5.41, 5.74) is -0.574. The molecule has 11 heteroatoms. The largest absolute Gasteiger partial charge is 0.455 e. The fourth-order valence-electron chi connectivity index (χ4n) is 6.52. The van der Waals surface area contributed by atoms with Crippen molar-refractivity contribution in [2.24, 2.45) is 11.8 Å². The van der Waals surface area contributed by atoms with E-state index < -0.39 is 47.6 Å². The van der Waals surface area contributed by atoms with E-state index in [4.69, 9.17) is 9.47 Å². The SMILES string of the molecule is C=CCCC(=O)NC[C@H](OC(=O)[C@@H]1[C@H]2O[C@@]3(CC2Br)[C@H](C(=O)N(CC=C)C(C)C)N(CCO)C(=O)[C@@H]13)c1ccccc1. The lowest BCUT2D eigenvalue weighted by Gasteiger charge is -2.38. The summed E-state index contributed by atoms with van der Waals surface area (Å²) in [6.45, 7) is 11.1. The fraction of sp³-hybridized carbons (Fsp3) is 0.548. The van der Waals surface area contributed by atoms with Gasteiger partial charge in [-0.25, -0.2) is 0 Å². The Bertz CT molecular complexity index is 1190. The molecule has 3 aliphatic heterocycles. The minimum Gasteiger partial charge on any atom is -0.455 e. The molecule has 0 radical (unpaired) electrons. The summed E-state index contributed by atoms with van der Waals surface area (Å²) in [4.78, 5) is 57.0. The second-order valence-corrected chi connectivity index (χ2v) is 12.4. The number of nitrogens with zero attached hydrogens (tertiary/aromatic N) is 2. The summed E-state index contributed by atoms with van der Waals surface area (Å²) in [5.74, 6) is -3.50. The zero-order chi connectivity index (χ0) is 30.6. The standard InChI is InChI=1S/C31H40BrN3O7/c1-5-7-13-23(37)33-18-22(20-11-9-8-10-12-20)41-30(40)24-25-28(38)35(15-16-36)27(29(39)34(14-6-2)19(3)4)31(25)17-21(32)26(24)42-31/h5-6,8-12,19,21-22,24-27,36H,1-2,7,13-18H2,3-4H3,(H,33,37)/t21?,22-,24-,25+,26-,27-,31+/m0/s1. The molecule has 228 valence electrons. The molecular weight excluding hydrogens is 606 g/mol. The van der Waals surface area contributed by atoms with Crippen molar-refractivity contribution in [2.75, 3.05) is 26.2 Å². The molecule has 7 atom stereocenters. The van der Waals surface area contributed by atoms with Crippen molar-refractivity contribution in [2.45, 2.75) is 67.8 Å². The number of rotatable bonds is 14. The minimum atomic E-state index is -1.26. The molecule has 1 aromatic carbocycles. The van der Waals surface area contributed by atoms with Gasteiger partial charge < -0.3 is 29.7 Å². The lowest BCUT2D eigenvalue weighted by molar-refractivity contribution is -0.160. The van der Waals surface area contributed by atoms with Crippen molar-refractivity contribution in [1.29, 1.82) is 0 Å². The number of β-amino-alcohol motifs (C(OH)–C–C–N with tert-alkyl or cyclic N) is 1. The maximum atomic E-state index is 14.0. The molecule has 3 aliphatic rings. The van der Waals surface area contributed by atoms with Gasteiger partial charge in [-0.2, -0.15) is 0 Å². The van der Waals surface area contributed by atoms with E-state index in [0.717, 1.165) is 0 Å². The third-order valence-electron chi connectivity index (χ3n) is 8.36. The van der Waals surface area contributed by atoms with Crippen LogP contribution in [0.1, 0.15) is 44.8 Å². The Morgan fingerprint density at radius 1 is 1.26 bits per heavy atom. The first-order valence-electron chi connectivity index (χ1n) is 14.4. The zero-order valence-electron chi connectivity index (χ0n) is 24.1. The van der Waals surface area contributed by atoms with Crippen LogP contribution in [0.25, 0.3) is 0 Å². The molecule has 1 unspecified atom stereocenters. The van der Waals surface area contributed by atoms with Crippen molar-refractivity contribution in [3.8, 4) is 0 Å². The normalized spacial score (nSPS) is 28.4. The number of fused-ring (bicyclic) bond motifs is 1. The number of nitrogens with one attached hydrogen (secondary N) is 1. The number of carbonyl (C=O) groups is 4. The highest BCUT2D eigenvalue weighted by atomic mass is 79.9. The lowest BCUT2D eigenvalue weighted by atomic mass is 9.70. The molecular formula is C31H40BrN3O7. The van der Waals surface area contributed by atoms with Gasteiger partial charge in [-0.3, -0.25) is 19.2 Å². The highest BCUT2D eigenvalue weighted by Gasteiger charge is 2.77. The molecule has 3 fully saturated rings. The van der Waals surface area contributed by atoms with Crippen LogP contribution in [0.15, 0.2) is 55.6 Å². The molecule has 4 rings (SSSR count). The molecule has 0 saturated carbocycles. The zero-order valence-corrected chi connectivity index (χ0v) is 25.7. The van der Waals surface area contributed by atoms with Gasteiger partial charge in [0.2, 0.25) is 17.7 Å². The van der Waals surface area contributed by atoms with Crippen molar-refractivity contribution in [1.82, 2.24) is 15.1 Å². The molecule has 0 aliphatic carbocycles. The number of aliphatic hydroxyl groups is 1. The number of amides is 3. The van der Waals surface area contributed by atoms with Crippen molar-refractivity contribution in [3.63, 3.8) is 0 Å². The van der Waals surface area contributed by atoms with Gasteiger partial charge in [-0.1, -0.05) is 58.4 Å². The van der Waals surface area contributed by atoms with Crippen LogP contribution in [-0.4, -0.2) is 93.5 Å². The summed E-state index contributed by atoms with van der Waals surface area (Å²) in [7, 11) is 0. The van der Waals surface area contributed by atoms with Crippen molar-refractivity contribution in [3.05, 3.63) is 61.2 Å². The molecule has 10 nitrogen and oxygen atoms in total. The van der Waals surface area contributed by atoms with Gasteiger partial charge in [0.15, 0.2) is 0 Å². The number of ether oxygens (including phenoxy) is 2. The quantitative estimate of drug-likeness (QED) is 0.181. The number of halogens is 1. The van der Waals surface area contributed by atoms with Crippen molar-refractivity contribution < 1.29 is 33.8 Å². The monoisotopic (exact) mass is 645 g/mol. The predicted octanol–water partition coefficient (Wildman–Crippen LogP) is 2.52. The van der Waals surface area contributed by atoms with Crippen LogP contribution < -0.4 is 5.32 Å². The van der Waals surface area contributed by atoms with E-state index in [1.807, 2.05) is 32.0 Å². The number of allylic oxidation sites excluding steroid dienone is 1. The molecule has 3 heterocycles. The first-order valence-corrected chi connectivity index (χ1v) is 15.3. The van der Waals surface area contributed by atoms with Crippen LogP contribution in [0.2, 0.25) is 0 Å². The van der Waals surface area contributed by atoms with E-state index in [1.165, 1.54) is 4.90 Å². The molecule has 2 bridgehead atoms. The summed E-state index contributed by atoms with van der Waals surface area (Å²) in [6.07, 6.45) is 2.91. The number of likely N-dealkylation sites (tertiary alicyclic amines) is 1. The molecule has 3 amide bonds. The van der Waals surface area contributed by atoms with Gasteiger partial charge >= 0.3 is 5.97 Å². The lowest BCUT2D eigenvalue weighted by Crippen LogP contribution is -2.58. The summed E-state index contributed by atoms with van der Waals surface area (Å²) in [6, 6.07) is 7.88. The summed E-state index contributed by atoms with van der Waals surface area (Å²) in [5, 5.41) is 12.7. The van der Waals surface area contributed by atoms with E-state index in [-0.39, 0.29) is 55.3 Å². The van der Waals surface area contributed by atoms with Crippen LogP contribution in [0, 0.1) is 11.8 Å². The molecule has 1 spiro atoms. The van der Waals surface area contributed by atoms with Crippen LogP contribution in [0.3, 0.4) is 0 Å². The van der Waals surface area contributed by atoms with Crippen LogP contribution in [0.5, 0.6) is 0 Å².